The number of carbonyl (C=O) groups is 1. The molecule has 31 heavy (non-hydrogen) atoms. The number of carbonyl (C=O) groups excluding carboxylic acids is 1. The molecule has 2 aromatic carbocycles. The molecule has 1 unspecified atom stereocenters. The lowest BCUT2D eigenvalue weighted by Crippen LogP contribution is -2.48. The molecule has 0 bridgehead atoms. The fourth-order valence-corrected chi connectivity index (χ4v) is 4.58. The van der Waals surface area contributed by atoms with E-state index in [4.69, 9.17) is 9.47 Å². The second-order valence-electron chi connectivity index (χ2n) is 7.89. The van der Waals surface area contributed by atoms with Gasteiger partial charge < -0.3 is 19.7 Å². The Morgan fingerprint density at radius 2 is 1.81 bits per heavy atom. The molecule has 158 valence electrons. The first-order chi connectivity index (χ1) is 15.2. The molecule has 3 aromatic rings. The molecule has 0 radical (unpaired) electrons. The van der Waals surface area contributed by atoms with Crippen molar-refractivity contribution in [3.8, 4) is 17.0 Å². The highest BCUT2D eigenvalue weighted by Crippen LogP contribution is 2.44. The molecular formula is C25H25N3O3. The number of hydrogen-bond acceptors (Lipinski definition) is 5. The second-order valence-corrected chi connectivity index (χ2v) is 7.89. The minimum atomic E-state index is -0.269. The van der Waals surface area contributed by atoms with Gasteiger partial charge in [0.1, 0.15) is 6.61 Å². The highest BCUT2D eigenvalue weighted by atomic mass is 16.6. The number of aromatic nitrogens is 1. The summed E-state index contributed by atoms with van der Waals surface area (Å²) in [6.07, 6.45) is 1.46. The Morgan fingerprint density at radius 1 is 1.10 bits per heavy atom. The van der Waals surface area contributed by atoms with Gasteiger partial charge in [0.2, 0.25) is 5.88 Å². The van der Waals surface area contributed by atoms with Gasteiger partial charge >= 0.3 is 6.09 Å². The van der Waals surface area contributed by atoms with E-state index < -0.39 is 0 Å². The van der Waals surface area contributed by atoms with Crippen molar-refractivity contribution in [3.05, 3.63) is 83.6 Å². The first kappa shape index (κ1) is 19.6. The van der Waals surface area contributed by atoms with E-state index in [1.807, 2.05) is 24.3 Å². The van der Waals surface area contributed by atoms with Gasteiger partial charge in [-0.1, -0.05) is 48.5 Å². The number of amides is 1. The van der Waals surface area contributed by atoms with Crippen molar-refractivity contribution in [1.29, 1.82) is 0 Å². The van der Waals surface area contributed by atoms with Gasteiger partial charge in [0, 0.05) is 37.8 Å². The van der Waals surface area contributed by atoms with Gasteiger partial charge in [-0.25, -0.2) is 9.78 Å². The van der Waals surface area contributed by atoms with E-state index in [1.54, 1.807) is 18.2 Å². The third kappa shape index (κ3) is 3.75. The Morgan fingerprint density at radius 3 is 2.52 bits per heavy atom. The van der Waals surface area contributed by atoms with Crippen LogP contribution >= 0.6 is 0 Å². The summed E-state index contributed by atoms with van der Waals surface area (Å²) in [6.45, 7) is 2.21. The zero-order chi connectivity index (χ0) is 21.2. The number of piperazine rings is 1. The lowest BCUT2D eigenvalue weighted by atomic mass is 9.98. The molecule has 1 aromatic heterocycles. The molecule has 2 heterocycles. The van der Waals surface area contributed by atoms with Crippen LogP contribution in [0.4, 0.5) is 4.79 Å². The summed E-state index contributed by atoms with van der Waals surface area (Å²) in [5.41, 5.74) is 5.95. The molecule has 2 aliphatic rings. The average molecular weight is 415 g/mol. The van der Waals surface area contributed by atoms with Crippen molar-refractivity contribution in [1.82, 2.24) is 15.2 Å². The summed E-state index contributed by atoms with van der Waals surface area (Å²) >= 11 is 0. The van der Waals surface area contributed by atoms with Crippen LogP contribution in [0, 0.1) is 0 Å². The Labute approximate surface area is 181 Å². The van der Waals surface area contributed by atoms with E-state index >= 15 is 0 Å². The van der Waals surface area contributed by atoms with Crippen LogP contribution in [0.25, 0.3) is 11.1 Å². The van der Waals surface area contributed by atoms with E-state index in [9.17, 15) is 4.79 Å². The smallest absolute Gasteiger partial charge is 0.409 e. The average Bonchev–Trinajstić information content (AvgIpc) is 3.16. The van der Waals surface area contributed by atoms with Crippen LogP contribution in [0.5, 0.6) is 5.88 Å². The molecule has 1 fully saturated rings. The lowest BCUT2D eigenvalue weighted by molar-refractivity contribution is 0.0883. The van der Waals surface area contributed by atoms with E-state index in [0.29, 0.717) is 32.1 Å². The third-order valence-corrected chi connectivity index (χ3v) is 6.14. The van der Waals surface area contributed by atoms with Crippen LogP contribution < -0.4 is 10.1 Å². The first-order valence-electron chi connectivity index (χ1n) is 10.6. The maximum Gasteiger partial charge on any atom is 0.409 e. The molecule has 1 amide bonds. The van der Waals surface area contributed by atoms with Gasteiger partial charge in [0.05, 0.1) is 13.2 Å². The fourth-order valence-electron chi connectivity index (χ4n) is 4.58. The quantitative estimate of drug-likeness (QED) is 0.698. The Kier molecular flexibility index (Phi) is 5.30. The Balaban J connectivity index is 1.28. The van der Waals surface area contributed by atoms with Gasteiger partial charge in [0.15, 0.2) is 0 Å². The van der Waals surface area contributed by atoms with Gasteiger partial charge in [-0.3, -0.25) is 0 Å². The predicted molar refractivity (Wildman–Crippen MR) is 118 cm³/mol. The maximum atomic E-state index is 12.9. The Hall–Kier alpha value is -3.38. The molecule has 1 N–H and O–H groups in total. The molecule has 5 rings (SSSR count). The monoisotopic (exact) mass is 415 g/mol. The van der Waals surface area contributed by atoms with Crippen LogP contribution in [0.3, 0.4) is 0 Å². The number of hydrogen-bond donors (Lipinski definition) is 1. The molecular weight excluding hydrogens is 390 g/mol. The summed E-state index contributed by atoms with van der Waals surface area (Å²) in [4.78, 5) is 18.9. The van der Waals surface area contributed by atoms with Crippen LogP contribution in [-0.2, 0) is 4.74 Å². The normalized spacial score (nSPS) is 17.7. The number of nitrogens with one attached hydrogen (secondary N) is 1. The second kappa shape index (κ2) is 8.40. The van der Waals surface area contributed by atoms with E-state index in [0.717, 1.165) is 5.56 Å². The van der Waals surface area contributed by atoms with Gasteiger partial charge in [-0.15, -0.1) is 0 Å². The topological polar surface area (TPSA) is 63.7 Å². The standard InChI is InChI=1S/C25H25N3O3/c1-30-24-14-17(10-11-27-24)23-15-28(13-12-26-23)25(29)31-16-22-20-8-4-2-6-18(20)19-7-3-5-9-21(19)22/h2-11,14,22-23,26H,12-13,15-16H2,1H3. The van der Waals surface area contributed by atoms with Crippen LogP contribution in [0.1, 0.15) is 28.7 Å². The third-order valence-electron chi connectivity index (χ3n) is 6.14. The van der Waals surface area contributed by atoms with Crippen molar-refractivity contribution in [3.63, 3.8) is 0 Å². The molecule has 1 saturated heterocycles. The fraction of sp³-hybridized carbons (Fsp3) is 0.280. The van der Waals surface area contributed by atoms with Crippen LogP contribution in [0.2, 0.25) is 0 Å². The number of fused-ring (bicyclic) bond motifs is 3. The lowest BCUT2D eigenvalue weighted by Gasteiger charge is -2.33. The number of rotatable bonds is 4. The highest BCUT2D eigenvalue weighted by Gasteiger charge is 2.31. The maximum absolute atomic E-state index is 12.9. The largest absolute Gasteiger partial charge is 0.481 e. The van der Waals surface area contributed by atoms with Crippen LogP contribution in [0.15, 0.2) is 66.9 Å². The van der Waals surface area contributed by atoms with E-state index in [2.05, 4.69) is 46.7 Å². The minimum absolute atomic E-state index is 0.0196. The van der Waals surface area contributed by atoms with Crippen LogP contribution in [-0.4, -0.2) is 49.3 Å². The number of pyridine rings is 1. The number of methoxy groups -OCH3 is 1. The SMILES string of the molecule is COc1cc(C2CN(C(=O)OCC3c4ccccc4-c4ccccc43)CCN2)ccn1. The van der Waals surface area contributed by atoms with Crippen molar-refractivity contribution >= 4 is 6.09 Å². The highest BCUT2D eigenvalue weighted by molar-refractivity contribution is 5.79. The molecule has 6 heteroatoms. The molecule has 0 spiro atoms. The summed E-state index contributed by atoms with van der Waals surface area (Å²) in [5, 5.41) is 3.46. The summed E-state index contributed by atoms with van der Waals surface area (Å²) in [6, 6.07) is 20.6. The minimum Gasteiger partial charge on any atom is -0.481 e. The number of nitrogens with zero attached hydrogens (tertiary/aromatic N) is 2. The summed E-state index contributed by atoms with van der Waals surface area (Å²) < 4.78 is 11.1. The van der Waals surface area contributed by atoms with Crippen molar-refractivity contribution < 1.29 is 14.3 Å². The molecule has 6 nitrogen and oxygen atoms in total. The Bertz CT molecular complexity index is 1060. The van der Waals surface area contributed by atoms with Gasteiger partial charge in [-0.05, 0) is 33.9 Å². The molecule has 1 aliphatic carbocycles. The van der Waals surface area contributed by atoms with E-state index in [-0.39, 0.29) is 18.1 Å². The van der Waals surface area contributed by atoms with Crippen molar-refractivity contribution in [2.45, 2.75) is 12.0 Å². The molecule has 1 atom stereocenters. The molecule has 1 aliphatic heterocycles. The number of benzene rings is 2. The predicted octanol–water partition coefficient (Wildman–Crippen LogP) is 3.99. The summed E-state index contributed by atoms with van der Waals surface area (Å²) in [5.74, 6) is 0.636. The van der Waals surface area contributed by atoms with Crippen molar-refractivity contribution in [2.75, 3.05) is 33.4 Å². The first-order valence-corrected chi connectivity index (χ1v) is 10.6. The van der Waals surface area contributed by atoms with Crippen molar-refractivity contribution in [2.24, 2.45) is 0 Å². The van der Waals surface area contributed by atoms with E-state index in [1.165, 1.54) is 22.3 Å². The molecule has 0 saturated carbocycles. The van der Waals surface area contributed by atoms with Gasteiger partial charge in [0.25, 0.3) is 0 Å². The zero-order valence-electron chi connectivity index (χ0n) is 17.5. The number of ether oxygens (including phenoxy) is 2. The summed E-state index contributed by atoms with van der Waals surface area (Å²) in [7, 11) is 1.60. The zero-order valence-corrected chi connectivity index (χ0v) is 17.5. The van der Waals surface area contributed by atoms with Gasteiger partial charge in [-0.2, -0.15) is 0 Å².